The van der Waals surface area contributed by atoms with Crippen LogP contribution >= 0.6 is 0 Å². The summed E-state index contributed by atoms with van der Waals surface area (Å²) in [5.74, 6) is 1.34. The summed E-state index contributed by atoms with van der Waals surface area (Å²) in [5, 5.41) is 4.58. The zero-order valence-corrected chi connectivity index (χ0v) is 12.6. The molecule has 0 saturated heterocycles. The molecule has 0 unspecified atom stereocenters. The molecule has 0 spiro atoms. The lowest BCUT2D eigenvalue weighted by molar-refractivity contribution is 0.554. The van der Waals surface area contributed by atoms with Gasteiger partial charge in [0.1, 0.15) is 5.82 Å². The first-order valence-corrected chi connectivity index (χ1v) is 7.06. The quantitative estimate of drug-likeness (QED) is 0.863. The molecule has 0 bridgehead atoms. The lowest BCUT2D eigenvalue weighted by Gasteiger charge is -2.17. The van der Waals surface area contributed by atoms with Crippen molar-refractivity contribution < 1.29 is 0 Å². The molecule has 0 amide bonds. The van der Waals surface area contributed by atoms with Crippen LogP contribution in [0.1, 0.15) is 44.1 Å². The second kappa shape index (κ2) is 4.30. The molecule has 3 rings (SSSR count). The summed E-state index contributed by atoms with van der Waals surface area (Å²) in [6, 6.07) is 0. The zero-order valence-electron chi connectivity index (χ0n) is 12.6. The summed E-state index contributed by atoms with van der Waals surface area (Å²) in [6.45, 7) is 6.45. The molecule has 0 aromatic carbocycles. The molecule has 5 heteroatoms. The summed E-state index contributed by atoms with van der Waals surface area (Å²) < 4.78 is 1.82. The fourth-order valence-electron chi connectivity index (χ4n) is 2.79. The summed E-state index contributed by atoms with van der Waals surface area (Å²) >= 11 is 0. The fourth-order valence-corrected chi connectivity index (χ4v) is 2.79. The molecule has 0 fully saturated rings. The van der Waals surface area contributed by atoms with Crippen molar-refractivity contribution in [1.82, 2.24) is 19.7 Å². The van der Waals surface area contributed by atoms with Crippen molar-refractivity contribution >= 4 is 5.82 Å². The standard InChI is InChI=1S/C15H21N5/c1-15(2,3)12-10(8-20(4)19-12)14-17-11-7-5-6-9(11)13(16)18-14/h8H,5-7H2,1-4H3,(H2,16,17,18). The largest absolute Gasteiger partial charge is 0.383 e. The first kappa shape index (κ1) is 13.1. The molecule has 1 aliphatic rings. The van der Waals surface area contributed by atoms with E-state index in [1.54, 1.807) is 0 Å². The lowest BCUT2D eigenvalue weighted by Crippen LogP contribution is -2.14. The maximum absolute atomic E-state index is 6.10. The highest BCUT2D eigenvalue weighted by Gasteiger charge is 2.26. The smallest absolute Gasteiger partial charge is 0.165 e. The molecule has 5 nitrogen and oxygen atoms in total. The van der Waals surface area contributed by atoms with Crippen LogP contribution in [-0.2, 0) is 25.3 Å². The van der Waals surface area contributed by atoms with E-state index in [1.165, 1.54) is 0 Å². The van der Waals surface area contributed by atoms with E-state index in [9.17, 15) is 0 Å². The molecular formula is C15H21N5. The van der Waals surface area contributed by atoms with Gasteiger partial charge >= 0.3 is 0 Å². The molecule has 1 aliphatic carbocycles. The molecular weight excluding hydrogens is 250 g/mol. The second-order valence-corrected chi connectivity index (χ2v) is 6.53. The molecule has 0 radical (unpaired) electrons. The lowest BCUT2D eigenvalue weighted by atomic mass is 9.89. The van der Waals surface area contributed by atoms with E-state index in [-0.39, 0.29) is 5.41 Å². The first-order chi connectivity index (χ1) is 9.36. The third-order valence-electron chi connectivity index (χ3n) is 3.75. The van der Waals surface area contributed by atoms with E-state index < -0.39 is 0 Å². The molecule has 0 saturated carbocycles. The van der Waals surface area contributed by atoms with Gasteiger partial charge in [0.15, 0.2) is 5.82 Å². The average Bonchev–Trinajstić information content (AvgIpc) is 2.94. The summed E-state index contributed by atoms with van der Waals surface area (Å²) in [6.07, 6.45) is 5.11. The monoisotopic (exact) mass is 271 g/mol. The van der Waals surface area contributed by atoms with Crippen molar-refractivity contribution in [3.63, 3.8) is 0 Å². The van der Waals surface area contributed by atoms with Crippen LogP contribution < -0.4 is 5.73 Å². The highest BCUT2D eigenvalue weighted by Crippen LogP contribution is 2.32. The van der Waals surface area contributed by atoms with E-state index in [4.69, 9.17) is 10.7 Å². The minimum absolute atomic E-state index is 0.0479. The topological polar surface area (TPSA) is 69.6 Å². The highest BCUT2D eigenvalue weighted by atomic mass is 15.3. The third-order valence-corrected chi connectivity index (χ3v) is 3.75. The van der Waals surface area contributed by atoms with E-state index in [0.717, 1.165) is 41.8 Å². The van der Waals surface area contributed by atoms with Gasteiger partial charge in [0, 0.05) is 29.9 Å². The van der Waals surface area contributed by atoms with Crippen LogP contribution in [0.25, 0.3) is 11.4 Å². The Morgan fingerprint density at radius 1 is 1.20 bits per heavy atom. The Morgan fingerprint density at radius 2 is 1.95 bits per heavy atom. The Bertz CT molecular complexity index is 664. The number of nitrogen functional groups attached to an aromatic ring is 1. The number of fused-ring (bicyclic) bond motifs is 1. The molecule has 2 aromatic rings. The van der Waals surface area contributed by atoms with Crippen LogP contribution in [0.5, 0.6) is 0 Å². The maximum atomic E-state index is 6.10. The highest BCUT2D eigenvalue weighted by molar-refractivity contribution is 5.62. The molecule has 0 aliphatic heterocycles. The Balaban J connectivity index is 2.17. The van der Waals surface area contributed by atoms with E-state index in [1.807, 2.05) is 17.9 Å². The van der Waals surface area contributed by atoms with Crippen molar-refractivity contribution in [3.05, 3.63) is 23.1 Å². The summed E-state index contributed by atoms with van der Waals surface area (Å²) in [4.78, 5) is 9.24. The molecule has 2 N–H and O–H groups in total. The average molecular weight is 271 g/mol. The van der Waals surface area contributed by atoms with Crippen molar-refractivity contribution in [2.45, 2.75) is 45.4 Å². The molecule has 20 heavy (non-hydrogen) atoms. The van der Waals surface area contributed by atoms with E-state index in [0.29, 0.717) is 11.6 Å². The first-order valence-electron chi connectivity index (χ1n) is 7.06. The number of hydrogen-bond donors (Lipinski definition) is 1. The van der Waals surface area contributed by atoms with Crippen LogP contribution in [0.2, 0.25) is 0 Å². The van der Waals surface area contributed by atoms with Crippen molar-refractivity contribution in [3.8, 4) is 11.4 Å². The fraction of sp³-hybridized carbons (Fsp3) is 0.533. The van der Waals surface area contributed by atoms with Crippen LogP contribution in [-0.4, -0.2) is 19.7 Å². The second-order valence-electron chi connectivity index (χ2n) is 6.53. The normalized spacial score (nSPS) is 14.6. The van der Waals surface area contributed by atoms with Crippen LogP contribution in [0.15, 0.2) is 6.20 Å². The van der Waals surface area contributed by atoms with Gasteiger partial charge in [0.05, 0.1) is 11.3 Å². The van der Waals surface area contributed by atoms with Crippen LogP contribution in [0, 0.1) is 0 Å². The maximum Gasteiger partial charge on any atom is 0.165 e. The number of hydrogen-bond acceptors (Lipinski definition) is 4. The third kappa shape index (κ3) is 2.07. The number of aromatic nitrogens is 4. The molecule has 2 aromatic heterocycles. The van der Waals surface area contributed by atoms with Gasteiger partial charge in [-0.05, 0) is 19.3 Å². The zero-order chi connectivity index (χ0) is 14.5. The van der Waals surface area contributed by atoms with Gasteiger partial charge in [0.25, 0.3) is 0 Å². The minimum atomic E-state index is -0.0479. The van der Waals surface area contributed by atoms with Crippen LogP contribution in [0.3, 0.4) is 0 Å². The van der Waals surface area contributed by atoms with E-state index >= 15 is 0 Å². The van der Waals surface area contributed by atoms with Gasteiger partial charge in [-0.3, -0.25) is 4.68 Å². The minimum Gasteiger partial charge on any atom is -0.383 e. The molecule has 0 atom stereocenters. The Labute approximate surface area is 119 Å². The van der Waals surface area contributed by atoms with Crippen molar-refractivity contribution in [1.29, 1.82) is 0 Å². The van der Waals surface area contributed by atoms with Gasteiger partial charge < -0.3 is 5.73 Å². The number of anilines is 1. The number of nitrogens with two attached hydrogens (primary N) is 1. The van der Waals surface area contributed by atoms with Crippen LogP contribution in [0.4, 0.5) is 5.82 Å². The number of rotatable bonds is 1. The van der Waals surface area contributed by atoms with Gasteiger partial charge in [-0.15, -0.1) is 0 Å². The Morgan fingerprint density at radius 3 is 2.65 bits per heavy atom. The van der Waals surface area contributed by atoms with E-state index in [2.05, 4.69) is 30.9 Å². The predicted molar refractivity (Wildman–Crippen MR) is 79.4 cm³/mol. The summed E-state index contributed by atoms with van der Waals surface area (Å²) in [5.41, 5.74) is 10.3. The summed E-state index contributed by atoms with van der Waals surface area (Å²) in [7, 11) is 1.93. The predicted octanol–water partition coefficient (Wildman–Crippen LogP) is 2.25. The van der Waals surface area contributed by atoms with Gasteiger partial charge in [-0.1, -0.05) is 20.8 Å². The molecule has 106 valence electrons. The SMILES string of the molecule is Cn1cc(-c2nc(N)c3c(n2)CCC3)c(C(C)(C)C)n1. The van der Waals surface area contributed by atoms with Gasteiger partial charge in [-0.25, -0.2) is 9.97 Å². The van der Waals surface area contributed by atoms with Gasteiger partial charge in [0.2, 0.25) is 0 Å². The Hall–Kier alpha value is -1.91. The number of aryl methyl sites for hydroxylation is 2. The Kier molecular flexibility index (Phi) is 2.81. The molecule has 2 heterocycles. The number of nitrogens with zero attached hydrogens (tertiary/aromatic N) is 4. The van der Waals surface area contributed by atoms with Gasteiger partial charge in [-0.2, -0.15) is 5.10 Å². The van der Waals surface area contributed by atoms with Crippen molar-refractivity contribution in [2.24, 2.45) is 7.05 Å². The van der Waals surface area contributed by atoms with Crippen molar-refractivity contribution in [2.75, 3.05) is 5.73 Å².